The fourth-order valence-corrected chi connectivity index (χ4v) is 5.43. The molecule has 2 atom stereocenters. The molecule has 1 fully saturated rings. The average molecular weight is 303 g/mol. The molecule has 0 spiro atoms. The van der Waals surface area contributed by atoms with Crippen LogP contribution in [0.3, 0.4) is 0 Å². The first-order valence-electron chi connectivity index (χ1n) is 7.46. The minimum Gasteiger partial charge on any atom is -0.323 e. The Bertz CT molecular complexity index is 767. The maximum absolute atomic E-state index is 12.4. The Hall–Kier alpha value is -1.39. The fraction of sp³-hybridized carbons (Fsp3) is 0.412. The van der Waals surface area contributed by atoms with Gasteiger partial charge in [-0.05, 0) is 41.7 Å². The number of hydrogen-bond acceptors (Lipinski definition) is 3. The molecule has 3 rings (SSSR count). The molecule has 1 saturated heterocycles. The van der Waals surface area contributed by atoms with Crippen molar-refractivity contribution in [2.45, 2.75) is 37.5 Å². The van der Waals surface area contributed by atoms with Crippen molar-refractivity contribution in [1.29, 1.82) is 0 Å². The van der Waals surface area contributed by atoms with Gasteiger partial charge in [-0.1, -0.05) is 42.8 Å². The highest BCUT2D eigenvalue weighted by atomic mass is 32.2. The highest BCUT2D eigenvalue weighted by Gasteiger charge is 2.35. The van der Waals surface area contributed by atoms with Gasteiger partial charge in [0.05, 0.1) is 11.0 Å². The molecule has 0 aromatic heterocycles. The zero-order valence-corrected chi connectivity index (χ0v) is 13.1. The lowest BCUT2D eigenvalue weighted by molar-refractivity contribution is 0.505. The molecule has 112 valence electrons. The first-order chi connectivity index (χ1) is 10.0. The van der Waals surface area contributed by atoms with E-state index < -0.39 is 21.1 Å². The second-order valence-electron chi connectivity index (χ2n) is 5.94. The average Bonchev–Trinajstić information content (AvgIpc) is 2.46. The Morgan fingerprint density at radius 3 is 2.67 bits per heavy atom. The minimum atomic E-state index is -3.08. The monoisotopic (exact) mass is 303 g/mol. The first-order valence-corrected chi connectivity index (χ1v) is 9.17. The topological polar surface area (TPSA) is 60.2 Å². The molecule has 1 aliphatic heterocycles. The van der Waals surface area contributed by atoms with Gasteiger partial charge in [0.1, 0.15) is 0 Å². The van der Waals surface area contributed by atoms with Crippen LogP contribution in [0.15, 0.2) is 36.4 Å². The molecule has 0 aliphatic carbocycles. The summed E-state index contributed by atoms with van der Waals surface area (Å²) in [7, 11) is -3.08. The second kappa shape index (κ2) is 5.43. The predicted octanol–water partition coefficient (Wildman–Crippen LogP) is 3.12. The van der Waals surface area contributed by atoms with Gasteiger partial charge in [0.15, 0.2) is 9.84 Å². The second-order valence-corrected chi connectivity index (χ2v) is 8.28. The molecule has 2 unspecified atom stereocenters. The number of benzene rings is 2. The zero-order valence-electron chi connectivity index (χ0n) is 12.2. The molecule has 0 radical (unpaired) electrons. The molecular formula is C17H21NO2S. The van der Waals surface area contributed by atoms with Gasteiger partial charge in [-0.2, -0.15) is 0 Å². The Morgan fingerprint density at radius 2 is 1.90 bits per heavy atom. The molecule has 2 aromatic carbocycles. The van der Waals surface area contributed by atoms with Crippen LogP contribution in [0, 0.1) is 6.92 Å². The molecule has 2 N–H and O–H groups in total. The summed E-state index contributed by atoms with van der Waals surface area (Å²) in [5, 5.41) is 1.74. The van der Waals surface area contributed by atoms with E-state index in [1.165, 1.54) is 0 Å². The summed E-state index contributed by atoms with van der Waals surface area (Å²) in [5.74, 6) is 0.273. The number of nitrogens with two attached hydrogens (primary N) is 1. The van der Waals surface area contributed by atoms with Crippen LogP contribution < -0.4 is 5.73 Å². The molecule has 0 bridgehead atoms. The summed E-state index contributed by atoms with van der Waals surface area (Å²) in [5.41, 5.74) is 8.49. The number of rotatable bonds is 2. The van der Waals surface area contributed by atoms with E-state index >= 15 is 0 Å². The SMILES string of the molecule is Cc1ccc2ccccc2c1C(N)C1CCCCS1(=O)=O. The van der Waals surface area contributed by atoms with Crippen LogP contribution in [0.5, 0.6) is 0 Å². The third kappa shape index (κ3) is 2.58. The van der Waals surface area contributed by atoms with Crippen molar-refractivity contribution in [1.82, 2.24) is 0 Å². The maximum atomic E-state index is 12.4. The van der Waals surface area contributed by atoms with Crippen LogP contribution in [0.4, 0.5) is 0 Å². The van der Waals surface area contributed by atoms with Crippen LogP contribution in [-0.2, 0) is 9.84 Å². The standard InChI is InChI=1S/C17H21NO2S/c1-12-9-10-13-6-2-3-7-14(13)16(12)17(18)15-8-4-5-11-21(15,19)20/h2-3,6-7,9-10,15,17H,4-5,8,11,18H2,1H3. The lowest BCUT2D eigenvalue weighted by atomic mass is 9.91. The molecule has 1 heterocycles. The molecule has 3 nitrogen and oxygen atoms in total. The lowest BCUT2D eigenvalue weighted by Crippen LogP contribution is -2.38. The van der Waals surface area contributed by atoms with E-state index in [0.717, 1.165) is 34.7 Å². The maximum Gasteiger partial charge on any atom is 0.155 e. The first kappa shape index (κ1) is 14.5. The van der Waals surface area contributed by atoms with Crippen LogP contribution in [0.1, 0.15) is 36.4 Å². The van der Waals surface area contributed by atoms with Gasteiger partial charge >= 0.3 is 0 Å². The van der Waals surface area contributed by atoms with Crippen molar-refractivity contribution >= 4 is 20.6 Å². The van der Waals surface area contributed by atoms with E-state index in [-0.39, 0.29) is 5.75 Å². The normalized spacial score (nSPS) is 23.0. The number of aryl methyl sites for hydroxylation is 1. The van der Waals surface area contributed by atoms with Crippen LogP contribution in [-0.4, -0.2) is 19.4 Å². The van der Waals surface area contributed by atoms with Gasteiger partial charge in [0.2, 0.25) is 0 Å². The fourth-order valence-electron chi connectivity index (χ4n) is 3.42. The van der Waals surface area contributed by atoms with Gasteiger partial charge in [0.25, 0.3) is 0 Å². The van der Waals surface area contributed by atoms with Crippen molar-refractivity contribution in [2.75, 3.05) is 5.75 Å². The summed E-state index contributed by atoms with van der Waals surface area (Å²) >= 11 is 0. The van der Waals surface area contributed by atoms with Crippen molar-refractivity contribution in [3.05, 3.63) is 47.5 Å². The van der Waals surface area contributed by atoms with Gasteiger partial charge in [-0.25, -0.2) is 8.42 Å². The van der Waals surface area contributed by atoms with Gasteiger partial charge in [-0.3, -0.25) is 0 Å². The number of sulfone groups is 1. The van der Waals surface area contributed by atoms with Crippen LogP contribution in [0.25, 0.3) is 10.8 Å². The van der Waals surface area contributed by atoms with Crippen LogP contribution >= 0.6 is 0 Å². The van der Waals surface area contributed by atoms with Gasteiger partial charge in [-0.15, -0.1) is 0 Å². The zero-order chi connectivity index (χ0) is 15.0. The molecule has 1 aliphatic rings. The van der Waals surface area contributed by atoms with Crippen molar-refractivity contribution in [3.8, 4) is 0 Å². The third-order valence-electron chi connectivity index (χ3n) is 4.55. The molecule has 4 heteroatoms. The summed E-state index contributed by atoms with van der Waals surface area (Å²) in [4.78, 5) is 0. The number of hydrogen-bond donors (Lipinski definition) is 1. The van der Waals surface area contributed by atoms with Crippen molar-refractivity contribution < 1.29 is 8.42 Å². The Kier molecular flexibility index (Phi) is 3.76. The van der Waals surface area contributed by atoms with E-state index in [1.54, 1.807) is 0 Å². The van der Waals surface area contributed by atoms with Gasteiger partial charge in [0, 0.05) is 6.04 Å². The Morgan fingerprint density at radius 1 is 1.14 bits per heavy atom. The molecule has 0 amide bonds. The van der Waals surface area contributed by atoms with Crippen molar-refractivity contribution in [2.24, 2.45) is 5.73 Å². The summed E-state index contributed by atoms with van der Waals surface area (Å²) in [6.07, 6.45) is 2.38. The highest BCUT2D eigenvalue weighted by Crippen LogP contribution is 2.34. The van der Waals surface area contributed by atoms with Gasteiger partial charge < -0.3 is 5.73 Å². The minimum absolute atomic E-state index is 0.273. The summed E-state index contributed by atoms with van der Waals surface area (Å²) < 4.78 is 24.7. The Labute approximate surface area is 126 Å². The Balaban J connectivity index is 2.13. The largest absolute Gasteiger partial charge is 0.323 e. The predicted molar refractivity (Wildman–Crippen MR) is 87.0 cm³/mol. The summed E-state index contributed by atoms with van der Waals surface area (Å²) in [6, 6.07) is 11.7. The van der Waals surface area contributed by atoms with E-state index in [2.05, 4.69) is 6.07 Å². The molecule has 2 aromatic rings. The summed E-state index contributed by atoms with van der Waals surface area (Å²) in [6.45, 7) is 2.01. The van der Waals surface area contributed by atoms with Crippen molar-refractivity contribution in [3.63, 3.8) is 0 Å². The van der Waals surface area contributed by atoms with E-state index in [0.29, 0.717) is 6.42 Å². The third-order valence-corrected chi connectivity index (χ3v) is 6.86. The quantitative estimate of drug-likeness (QED) is 0.927. The molecular weight excluding hydrogens is 282 g/mol. The molecule has 21 heavy (non-hydrogen) atoms. The van der Waals surface area contributed by atoms with Crippen LogP contribution in [0.2, 0.25) is 0 Å². The highest BCUT2D eigenvalue weighted by molar-refractivity contribution is 7.92. The molecule has 0 saturated carbocycles. The number of fused-ring (bicyclic) bond motifs is 1. The smallest absolute Gasteiger partial charge is 0.155 e. The van der Waals surface area contributed by atoms with E-state index in [4.69, 9.17) is 5.73 Å². The van der Waals surface area contributed by atoms with E-state index in [1.807, 2.05) is 37.3 Å². The van der Waals surface area contributed by atoms with E-state index in [9.17, 15) is 8.42 Å². The lowest BCUT2D eigenvalue weighted by Gasteiger charge is -2.29.